The van der Waals surface area contributed by atoms with E-state index in [9.17, 15) is 14.9 Å². The van der Waals surface area contributed by atoms with Crippen molar-refractivity contribution in [2.45, 2.75) is 6.61 Å². The van der Waals surface area contributed by atoms with E-state index >= 15 is 0 Å². The van der Waals surface area contributed by atoms with Gasteiger partial charge < -0.3 is 9.47 Å². The zero-order valence-corrected chi connectivity index (χ0v) is 11.8. The Balaban J connectivity index is 2.04. The fourth-order valence-electron chi connectivity index (χ4n) is 1.78. The first-order valence-electron chi connectivity index (χ1n) is 6.40. The quantitative estimate of drug-likeness (QED) is 0.675. The molecule has 2 rings (SSSR count). The van der Waals surface area contributed by atoms with Gasteiger partial charge in [0.2, 0.25) is 0 Å². The predicted octanol–water partition coefficient (Wildman–Crippen LogP) is 3.35. The van der Waals surface area contributed by atoms with Gasteiger partial charge in [0.05, 0.1) is 17.7 Å². The van der Waals surface area contributed by atoms with Gasteiger partial charge in [-0.2, -0.15) is 0 Å². The fraction of sp³-hybridized carbons (Fsp3) is 0.133. The first kappa shape index (κ1) is 15.3. The normalized spacial score (nSPS) is 9.86. The lowest BCUT2D eigenvalue weighted by Crippen LogP contribution is -2.14. The molecule has 2 aromatic carbocycles. The van der Waals surface area contributed by atoms with Crippen LogP contribution in [0.2, 0.25) is 0 Å². The maximum atomic E-state index is 11.8. The van der Waals surface area contributed by atoms with E-state index < -0.39 is 11.0 Å². The zero-order valence-electron chi connectivity index (χ0n) is 11.8. The number of non-ortho nitro benzene ring substituents is 1. The maximum absolute atomic E-state index is 11.8. The SMILES string of the molecule is COc1ccc([N+](=O)[O-])cc1NC(=O)OCc1ccccc1. The smallest absolute Gasteiger partial charge is 0.412 e. The van der Waals surface area contributed by atoms with Crippen LogP contribution in [0, 0.1) is 10.1 Å². The van der Waals surface area contributed by atoms with Crippen LogP contribution in [0.3, 0.4) is 0 Å². The molecule has 0 atom stereocenters. The van der Waals surface area contributed by atoms with E-state index in [1.165, 1.54) is 25.3 Å². The number of carbonyl (C=O) groups is 1. The van der Waals surface area contributed by atoms with Crippen molar-refractivity contribution in [3.63, 3.8) is 0 Å². The second-order valence-corrected chi connectivity index (χ2v) is 4.33. The highest BCUT2D eigenvalue weighted by atomic mass is 16.6. The minimum Gasteiger partial charge on any atom is -0.495 e. The second kappa shape index (κ2) is 7.07. The number of methoxy groups -OCH3 is 1. The van der Waals surface area contributed by atoms with Crippen LogP contribution in [0.15, 0.2) is 48.5 Å². The highest BCUT2D eigenvalue weighted by Crippen LogP contribution is 2.28. The molecule has 0 aliphatic carbocycles. The number of ether oxygens (including phenoxy) is 2. The van der Waals surface area contributed by atoms with Gasteiger partial charge in [0, 0.05) is 12.1 Å². The highest BCUT2D eigenvalue weighted by molar-refractivity contribution is 5.87. The van der Waals surface area contributed by atoms with E-state index in [2.05, 4.69) is 5.32 Å². The van der Waals surface area contributed by atoms with Crippen LogP contribution in [-0.4, -0.2) is 18.1 Å². The number of hydrogen-bond acceptors (Lipinski definition) is 5. The number of nitrogens with zero attached hydrogens (tertiary/aromatic N) is 1. The van der Waals surface area contributed by atoms with Gasteiger partial charge in [0.15, 0.2) is 0 Å². The molecule has 0 spiro atoms. The van der Waals surface area contributed by atoms with Gasteiger partial charge in [0.1, 0.15) is 12.4 Å². The van der Waals surface area contributed by atoms with Crippen molar-refractivity contribution in [1.29, 1.82) is 0 Å². The molecular weight excluding hydrogens is 288 g/mol. The van der Waals surface area contributed by atoms with Gasteiger partial charge in [-0.05, 0) is 11.6 Å². The maximum Gasteiger partial charge on any atom is 0.412 e. The topological polar surface area (TPSA) is 90.7 Å². The Labute approximate surface area is 126 Å². The van der Waals surface area contributed by atoms with Gasteiger partial charge in [0.25, 0.3) is 5.69 Å². The number of nitrogens with one attached hydrogen (secondary N) is 1. The lowest BCUT2D eigenvalue weighted by Gasteiger charge is -2.10. The van der Waals surface area contributed by atoms with Crippen molar-refractivity contribution in [2.75, 3.05) is 12.4 Å². The molecule has 0 unspecified atom stereocenters. The first-order chi connectivity index (χ1) is 10.6. The van der Waals surface area contributed by atoms with Gasteiger partial charge in [-0.1, -0.05) is 30.3 Å². The van der Waals surface area contributed by atoms with Crippen LogP contribution in [-0.2, 0) is 11.3 Å². The summed E-state index contributed by atoms with van der Waals surface area (Å²) >= 11 is 0. The summed E-state index contributed by atoms with van der Waals surface area (Å²) in [6.45, 7) is 0.101. The first-order valence-corrected chi connectivity index (χ1v) is 6.40. The minimum absolute atomic E-state index is 0.101. The number of nitro benzene ring substituents is 1. The van der Waals surface area contributed by atoms with Crippen molar-refractivity contribution >= 4 is 17.5 Å². The molecule has 0 radical (unpaired) electrons. The molecule has 22 heavy (non-hydrogen) atoms. The van der Waals surface area contributed by atoms with Crippen molar-refractivity contribution in [1.82, 2.24) is 0 Å². The molecule has 1 N–H and O–H groups in total. The summed E-state index contributed by atoms with van der Waals surface area (Å²) in [5.74, 6) is 0.308. The van der Waals surface area contributed by atoms with Crippen LogP contribution >= 0.6 is 0 Å². The van der Waals surface area contributed by atoms with Crippen molar-refractivity contribution in [2.24, 2.45) is 0 Å². The fourth-order valence-corrected chi connectivity index (χ4v) is 1.78. The lowest BCUT2D eigenvalue weighted by atomic mass is 10.2. The van der Waals surface area contributed by atoms with E-state index in [1.54, 1.807) is 0 Å². The Hall–Kier alpha value is -3.09. The highest BCUT2D eigenvalue weighted by Gasteiger charge is 2.14. The Morgan fingerprint density at radius 1 is 1.23 bits per heavy atom. The van der Waals surface area contributed by atoms with Crippen LogP contribution in [0.1, 0.15) is 5.56 Å². The summed E-state index contributed by atoms with van der Waals surface area (Å²) in [6, 6.07) is 13.1. The van der Waals surface area contributed by atoms with Gasteiger partial charge in [-0.25, -0.2) is 4.79 Å². The van der Waals surface area contributed by atoms with E-state index in [0.717, 1.165) is 5.56 Å². The third-order valence-electron chi connectivity index (χ3n) is 2.84. The summed E-state index contributed by atoms with van der Waals surface area (Å²) < 4.78 is 10.1. The molecule has 0 heterocycles. The zero-order chi connectivity index (χ0) is 15.9. The summed E-state index contributed by atoms with van der Waals surface area (Å²) in [6.07, 6.45) is -0.720. The number of rotatable bonds is 5. The van der Waals surface area contributed by atoms with Crippen LogP contribution in [0.5, 0.6) is 5.75 Å². The van der Waals surface area contributed by atoms with Crippen LogP contribution in [0.25, 0.3) is 0 Å². The predicted molar refractivity (Wildman–Crippen MR) is 79.9 cm³/mol. The molecule has 0 saturated heterocycles. The van der Waals surface area contributed by atoms with E-state index in [-0.39, 0.29) is 18.0 Å². The third kappa shape index (κ3) is 3.95. The van der Waals surface area contributed by atoms with Gasteiger partial charge in [-0.3, -0.25) is 15.4 Å². The minimum atomic E-state index is -0.720. The number of benzene rings is 2. The molecule has 0 aromatic heterocycles. The molecule has 0 saturated carbocycles. The molecular formula is C15H14N2O5. The molecule has 0 fully saturated rings. The third-order valence-corrected chi connectivity index (χ3v) is 2.84. The van der Waals surface area contributed by atoms with Gasteiger partial charge in [-0.15, -0.1) is 0 Å². The molecule has 114 valence electrons. The summed E-state index contributed by atoms with van der Waals surface area (Å²) in [5.41, 5.74) is 0.859. The number of nitro groups is 1. The van der Waals surface area contributed by atoms with Gasteiger partial charge >= 0.3 is 6.09 Å². The Bertz CT molecular complexity index is 673. The monoisotopic (exact) mass is 302 g/mol. The average molecular weight is 302 g/mol. The molecule has 2 aromatic rings. The lowest BCUT2D eigenvalue weighted by molar-refractivity contribution is -0.384. The van der Waals surface area contributed by atoms with Crippen LogP contribution < -0.4 is 10.1 Å². The Morgan fingerprint density at radius 3 is 2.59 bits per heavy atom. The molecule has 0 aliphatic heterocycles. The van der Waals surface area contributed by atoms with E-state index in [0.29, 0.717) is 5.75 Å². The average Bonchev–Trinajstić information content (AvgIpc) is 2.53. The second-order valence-electron chi connectivity index (χ2n) is 4.33. The van der Waals surface area contributed by atoms with E-state index in [1.807, 2.05) is 30.3 Å². The summed E-state index contributed by atoms with van der Waals surface area (Å²) in [7, 11) is 1.40. The van der Waals surface area contributed by atoms with Crippen molar-refractivity contribution in [3.05, 3.63) is 64.2 Å². The number of amides is 1. The van der Waals surface area contributed by atoms with Crippen LogP contribution in [0.4, 0.5) is 16.2 Å². The molecule has 1 amide bonds. The summed E-state index contributed by atoms with van der Waals surface area (Å²) in [4.78, 5) is 22.0. The molecule has 0 aliphatic rings. The summed E-state index contributed by atoms with van der Waals surface area (Å²) in [5, 5.41) is 13.2. The number of hydrogen-bond donors (Lipinski definition) is 1. The Morgan fingerprint density at radius 2 is 1.95 bits per heavy atom. The molecule has 0 bridgehead atoms. The van der Waals surface area contributed by atoms with Crippen molar-refractivity contribution in [3.8, 4) is 5.75 Å². The number of carbonyl (C=O) groups excluding carboxylic acids is 1. The molecule has 7 heteroatoms. The largest absolute Gasteiger partial charge is 0.495 e. The van der Waals surface area contributed by atoms with Crippen molar-refractivity contribution < 1.29 is 19.2 Å². The van der Waals surface area contributed by atoms with E-state index in [4.69, 9.17) is 9.47 Å². The standard InChI is InChI=1S/C15H14N2O5/c1-21-14-8-7-12(17(19)20)9-13(14)16-15(18)22-10-11-5-3-2-4-6-11/h2-9H,10H2,1H3,(H,16,18). The molecule has 7 nitrogen and oxygen atoms in total. The Kier molecular flexibility index (Phi) is 4.92. The number of anilines is 1.